The summed E-state index contributed by atoms with van der Waals surface area (Å²) in [5.74, 6) is 0. The van der Waals surface area contributed by atoms with Gasteiger partial charge in [0.25, 0.3) is 0 Å². The van der Waals surface area contributed by atoms with E-state index in [0.717, 1.165) is 25.0 Å². The number of halogens is 1. The van der Waals surface area contributed by atoms with E-state index >= 15 is 0 Å². The van der Waals surface area contributed by atoms with Crippen LogP contribution in [0, 0.1) is 0 Å². The monoisotopic (exact) mass is 290 g/mol. The van der Waals surface area contributed by atoms with Crippen molar-refractivity contribution in [1.29, 1.82) is 0 Å². The summed E-state index contributed by atoms with van der Waals surface area (Å²) in [6, 6.07) is 0. The van der Waals surface area contributed by atoms with E-state index in [0.29, 0.717) is 0 Å². The Kier molecular flexibility index (Phi) is 15.4. The summed E-state index contributed by atoms with van der Waals surface area (Å²) in [6.45, 7) is 5.58. The third-order valence-corrected chi connectivity index (χ3v) is 3.18. The molecule has 16 heavy (non-hydrogen) atoms. The van der Waals surface area contributed by atoms with Crippen LogP contribution in [0.4, 0.5) is 0 Å². The minimum Gasteiger partial charge on any atom is -0.381 e. The Hall–Kier alpha value is 0.180. The molecule has 0 aliphatic carbocycles. The van der Waals surface area contributed by atoms with E-state index in [2.05, 4.69) is 22.5 Å². The molecule has 0 aromatic carbocycles. The summed E-state index contributed by atoms with van der Waals surface area (Å²) in [5, 5.41) is 1.15. The lowest BCUT2D eigenvalue weighted by Gasteiger charge is -2.03. The molecule has 0 bridgehead atoms. The molecule has 0 saturated carbocycles. The lowest BCUT2D eigenvalue weighted by atomic mass is 10.1. The summed E-state index contributed by atoms with van der Waals surface area (Å²) in [4.78, 5) is 0. The van der Waals surface area contributed by atoms with Gasteiger partial charge in [0.15, 0.2) is 0 Å². The van der Waals surface area contributed by atoms with Gasteiger partial charge in [0.05, 0.1) is 0 Å². The van der Waals surface area contributed by atoms with Gasteiger partial charge in [0.1, 0.15) is 0 Å². The summed E-state index contributed by atoms with van der Waals surface area (Å²) in [7, 11) is 0. The van der Waals surface area contributed by atoms with Crippen molar-refractivity contribution in [3.63, 3.8) is 0 Å². The van der Waals surface area contributed by atoms with Crippen LogP contribution in [0.5, 0.6) is 0 Å². The second-order valence-corrected chi connectivity index (χ2v) is 5.00. The number of allylic oxidation sites excluding steroid dienone is 1. The standard InChI is InChI=1S/C14H27BrO/c1-2-3-4-10-13-16-14-11-8-6-5-7-9-12-15/h2H,1,3-14H2. The van der Waals surface area contributed by atoms with Crippen LogP contribution in [-0.4, -0.2) is 18.5 Å². The molecule has 0 fully saturated rings. The quantitative estimate of drug-likeness (QED) is 0.261. The Morgan fingerprint density at radius 3 is 2.00 bits per heavy atom. The van der Waals surface area contributed by atoms with Crippen LogP contribution in [0.1, 0.15) is 57.8 Å². The molecule has 0 saturated heterocycles. The Labute approximate surface area is 110 Å². The first-order valence-corrected chi connectivity index (χ1v) is 7.78. The number of hydrogen-bond donors (Lipinski definition) is 0. The fourth-order valence-corrected chi connectivity index (χ4v) is 2.00. The topological polar surface area (TPSA) is 9.23 Å². The first-order chi connectivity index (χ1) is 7.91. The third kappa shape index (κ3) is 14.2. The average molecular weight is 291 g/mol. The number of hydrogen-bond acceptors (Lipinski definition) is 1. The molecule has 0 heterocycles. The fourth-order valence-electron chi connectivity index (χ4n) is 1.60. The second kappa shape index (κ2) is 15.2. The predicted molar refractivity (Wildman–Crippen MR) is 76.4 cm³/mol. The SMILES string of the molecule is C=CCCCCOCCCCCCCCBr. The molecular formula is C14H27BrO. The maximum absolute atomic E-state index is 5.57. The zero-order valence-electron chi connectivity index (χ0n) is 10.6. The minimum atomic E-state index is 0.928. The number of rotatable bonds is 13. The molecule has 0 N–H and O–H groups in total. The molecule has 0 spiro atoms. The van der Waals surface area contributed by atoms with Crippen LogP contribution in [-0.2, 0) is 4.74 Å². The van der Waals surface area contributed by atoms with E-state index < -0.39 is 0 Å². The van der Waals surface area contributed by atoms with E-state index in [-0.39, 0.29) is 0 Å². The summed E-state index contributed by atoms with van der Waals surface area (Å²) >= 11 is 3.45. The molecule has 0 aliphatic heterocycles. The molecule has 1 nitrogen and oxygen atoms in total. The highest BCUT2D eigenvalue weighted by Gasteiger charge is 1.92. The van der Waals surface area contributed by atoms with Crippen molar-refractivity contribution in [1.82, 2.24) is 0 Å². The van der Waals surface area contributed by atoms with E-state index in [1.165, 1.54) is 51.4 Å². The summed E-state index contributed by atoms with van der Waals surface area (Å²) in [5.41, 5.74) is 0. The van der Waals surface area contributed by atoms with Crippen LogP contribution in [0.3, 0.4) is 0 Å². The lowest BCUT2D eigenvalue weighted by Crippen LogP contribution is -1.96. The molecule has 0 radical (unpaired) electrons. The van der Waals surface area contributed by atoms with Crippen molar-refractivity contribution in [3.05, 3.63) is 12.7 Å². The summed E-state index contributed by atoms with van der Waals surface area (Å²) < 4.78 is 5.57. The highest BCUT2D eigenvalue weighted by atomic mass is 79.9. The zero-order chi connectivity index (χ0) is 11.9. The molecule has 2 heteroatoms. The van der Waals surface area contributed by atoms with Gasteiger partial charge >= 0.3 is 0 Å². The molecule has 96 valence electrons. The number of unbranched alkanes of at least 4 members (excludes halogenated alkanes) is 7. The van der Waals surface area contributed by atoms with Crippen LogP contribution in [0.25, 0.3) is 0 Å². The lowest BCUT2D eigenvalue weighted by molar-refractivity contribution is 0.126. The van der Waals surface area contributed by atoms with E-state index in [4.69, 9.17) is 4.74 Å². The maximum atomic E-state index is 5.57. The van der Waals surface area contributed by atoms with Crippen LogP contribution in [0.15, 0.2) is 12.7 Å². The van der Waals surface area contributed by atoms with Gasteiger partial charge in [-0.15, -0.1) is 6.58 Å². The fraction of sp³-hybridized carbons (Fsp3) is 0.857. The maximum Gasteiger partial charge on any atom is 0.0466 e. The average Bonchev–Trinajstić information content (AvgIpc) is 2.31. The van der Waals surface area contributed by atoms with Gasteiger partial charge in [-0.3, -0.25) is 0 Å². The van der Waals surface area contributed by atoms with Crippen molar-refractivity contribution in [3.8, 4) is 0 Å². The van der Waals surface area contributed by atoms with Gasteiger partial charge < -0.3 is 4.74 Å². The van der Waals surface area contributed by atoms with E-state index in [9.17, 15) is 0 Å². The minimum absolute atomic E-state index is 0.928. The van der Waals surface area contributed by atoms with E-state index in [1.54, 1.807) is 0 Å². The van der Waals surface area contributed by atoms with Gasteiger partial charge in [0, 0.05) is 18.5 Å². The van der Waals surface area contributed by atoms with Crippen molar-refractivity contribution in [2.24, 2.45) is 0 Å². The van der Waals surface area contributed by atoms with Crippen molar-refractivity contribution in [2.45, 2.75) is 57.8 Å². The molecule has 0 aromatic rings. The first-order valence-electron chi connectivity index (χ1n) is 6.66. The van der Waals surface area contributed by atoms with E-state index in [1.807, 2.05) is 6.08 Å². The third-order valence-electron chi connectivity index (χ3n) is 2.62. The Morgan fingerprint density at radius 1 is 0.812 bits per heavy atom. The molecule has 0 aliphatic rings. The molecule has 0 atom stereocenters. The highest BCUT2D eigenvalue weighted by molar-refractivity contribution is 9.09. The van der Waals surface area contributed by atoms with Crippen molar-refractivity contribution < 1.29 is 4.74 Å². The first kappa shape index (κ1) is 16.2. The van der Waals surface area contributed by atoms with Gasteiger partial charge in [-0.05, 0) is 32.1 Å². The van der Waals surface area contributed by atoms with Gasteiger partial charge in [0.2, 0.25) is 0 Å². The number of alkyl halides is 1. The van der Waals surface area contributed by atoms with Gasteiger partial charge in [-0.2, -0.15) is 0 Å². The molecule has 0 unspecified atom stereocenters. The zero-order valence-corrected chi connectivity index (χ0v) is 12.1. The second-order valence-electron chi connectivity index (χ2n) is 4.21. The van der Waals surface area contributed by atoms with Gasteiger partial charge in [-0.1, -0.05) is 47.7 Å². The molecule has 0 aromatic heterocycles. The molecule has 0 amide bonds. The Bertz CT molecular complexity index is 137. The van der Waals surface area contributed by atoms with Gasteiger partial charge in [-0.25, -0.2) is 0 Å². The Morgan fingerprint density at radius 2 is 1.38 bits per heavy atom. The van der Waals surface area contributed by atoms with Crippen molar-refractivity contribution in [2.75, 3.05) is 18.5 Å². The highest BCUT2D eigenvalue weighted by Crippen LogP contribution is 2.06. The Balaban J connectivity index is 2.85. The largest absolute Gasteiger partial charge is 0.381 e. The van der Waals surface area contributed by atoms with Crippen LogP contribution in [0.2, 0.25) is 0 Å². The van der Waals surface area contributed by atoms with Crippen molar-refractivity contribution >= 4 is 15.9 Å². The summed E-state index contributed by atoms with van der Waals surface area (Å²) in [6.07, 6.45) is 13.5. The van der Waals surface area contributed by atoms with Crippen LogP contribution >= 0.6 is 15.9 Å². The normalized spacial score (nSPS) is 10.6. The molecular weight excluding hydrogens is 264 g/mol. The number of ether oxygens (including phenoxy) is 1. The molecule has 0 rings (SSSR count). The van der Waals surface area contributed by atoms with Crippen LogP contribution < -0.4 is 0 Å². The predicted octanol–water partition coefficient (Wildman–Crippen LogP) is 5.09. The smallest absolute Gasteiger partial charge is 0.0466 e.